The molecule has 4 aromatic heterocycles. The molecule has 0 saturated carbocycles. The van der Waals surface area contributed by atoms with E-state index in [2.05, 4.69) is 62.1 Å². The van der Waals surface area contributed by atoms with E-state index < -0.39 is 89.6 Å². The Bertz CT molecular complexity index is 3820. The summed E-state index contributed by atoms with van der Waals surface area (Å²) in [4.78, 5) is 73.3. The summed E-state index contributed by atoms with van der Waals surface area (Å²) < 4.78 is 37.4. The molecule has 0 aliphatic carbocycles. The number of nitrogens with two attached hydrogens (primary N) is 1. The first-order valence-corrected chi connectivity index (χ1v) is 35.6. The molecule has 30 nitrogen and oxygen atoms in total. The Hall–Kier alpha value is -10.3. The lowest BCUT2D eigenvalue weighted by molar-refractivity contribution is -0.140. The smallest absolute Gasteiger partial charge is 0.408 e. The SMILES string of the molecule is CC(C)[C@@H](C=O)NC(=O)OC(C)(C)C.CC(C)[C@H](NC(=O)OC(C)(C)C)C(O)c1nnc(-c2ccccc2)o1.CC(C)[C@H](NC(=O)OC(C)(C)C)C(O)c1nnc(-c2ccccc2)o1.CC(C)[C@H](NC(=O)[C@@H]1CCCN1C(=O)[C@@H](N)C(C)C)C(O)c1nnc(-c2ccccc2)o1.c1ccc(-c2nnco2)cc1. The first kappa shape index (κ1) is 87.3. The van der Waals surface area contributed by atoms with Crippen LogP contribution in [0, 0.1) is 29.6 Å². The standard InChI is InChI=1S/C23H33N5O4.2C18H25N3O4.C10H19NO3.C8H6N2O/c1-13(2)17(24)23(31)28-12-8-11-16(28)20(30)25-18(14(3)4)19(29)22-27-26-21(32-22)15-9-6-5-7-10-15;2*1-11(2)13(19-17(23)25-18(3,4)5)14(22)16-21-20-15(24-16)12-9-7-6-8-10-12;1-7(2)8(6-12)11-9(13)14-10(3,4)5;1-2-4-7(5-3-1)8-10-9-6-11-8/h5-7,9-10,13-14,16-19,29H,8,11-12,24H2,1-4H3,(H,25,30);2*6-11,13-14,22H,1-5H3,(H,19,23);6-8H,1-5H3,(H,11,13);1-6H/t16-,17-,18-,19?;2*13-,14?;8-;/m0001./s1. The number of aldehydes is 1. The van der Waals surface area contributed by atoms with Crippen LogP contribution in [-0.4, -0.2) is 157 Å². The van der Waals surface area contributed by atoms with Gasteiger partial charge in [0, 0.05) is 28.8 Å². The molecular formula is C77H108N14O16. The second kappa shape index (κ2) is 41.0. The molecule has 107 heavy (non-hydrogen) atoms. The molecule has 1 aliphatic rings. The van der Waals surface area contributed by atoms with Gasteiger partial charge in [-0.1, -0.05) is 142 Å². The van der Waals surface area contributed by atoms with Crippen molar-refractivity contribution in [1.29, 1.82) is 0 Å². The number of amides is 5. The molecule has 9 N–H and O–H groups in total. The highest BCUT2D eigenvalue weighted by Crippen LogP contribution is 2.30. The fourth-order valence-corrected chi connectivity index (χ4v) is 10.1. The molecule has 9 rings (SSSR count). The average molecular weight is 1490 g/mol. The Labute approximate surface area is 625 Å². The zero-order chi connectivity index (χ0) is 79.5. The van der Waals surface area contributed by atoms with Crippen LogP contribution in [0.1, 0.15) is 180 Å². The van der Waals surface area contributed by atoms with Crippen LogP contribution in [-0.2, 0) is 28.6 Å². The maximum Gasteiger partial charge on any atom is 0.408 e. The Morgan fingerprint density at radius 1 is 0.467 bits per heavy atom. The minimum absolute atomic E-state index is 0.0200. The lowest BCUT2D eigenvalue weighted by atomic mass is 9.97. The molecule has 0 spiro atoms. The molecule has 3 unspecified atom stereocenters. The van der Waals surface area contributed by atoms with Gasteiger partial charge in [0.25, 0.3) is 0 Å². The number of carbonyl (C=O) groups excluding carboxylic acids is 6. The molecule has 582 valence electrons. The molecule has 1 fully saturated rings. The molecular weight excluding hydrogens is 1380 g/mol. The Balaban J connectivity index is 0.000000250. The van der Waals surface area contributed by atoms with Crippen LogP contribution in [0.15, 0.2) is 145 Å². The highest BCUT2D eigenvalue weighted by Gasteiger charge is 2.40. The van der Waals surface area contributed by atoms with Gasteiger partial charge in [-0.25, -0.2) is 14.4 Å². The molecule has 4 aromatic carbocycles. The van der Waals surface area contributed by atoms with Gasteiger partial charge < -0.3 is 83.9 Å². The van der Waals surface area contributed by atoms with Gasteiger partial charge in [-0.15, -0.1) is 40.8 Å². The quantitative estimate of drug-likeness (QED) is 0.0231. The van der Waals surface area contributed by atoms with Gasteiger partial charge in [0.15, 0.2) is 18.3 Å². The van der Waals surface area contributed by atoms with Crippen LogP contribution in [0.25, 0.3) is 45.8 Å². The Morgan fingerprint density at radius 2 is 0.794 bits per heavy atom. The number of hydrogen-bond acceptors (Lipinski definition) is 25. The number of ether oxygens (including phenoxy) is 3. The number of carbonyl (C=O) groups is 6. The zero-order valence-electron chi connectivity index (χ0n) is 64.7. The minimum atomic E-state index is -1.19. The fraction of sp³-hybridized carbons (Fsp3) is 0.506. The predicted molar refractivity (Wildman–Crippen MR) is 398 cm³/mol. The number of aromatic nitrogens is 8. The van der Waals surface area contributed by atoms with Crippen LogP contribution >= 0.6 is 0 Å². The normalized spacial score (nSPS) is 15.2. The van der Waals surface area contributed by atoms with Crippen LogP contribution in [0.3, 0.4) is 0 Å². The van der Waals surface area contributed by atoms with Crippen molar-refractivity contribution >= 4 is 36.4 Å². The molecule has 30 heteroatoms. The first-order chi connectivity index (χ1) is 50.3. The van der Waals surface area contributed by atoms with Crippen molar-refractivity contribution in [2.45, 2.75) is 216 Å². The molecule has 0 radical (unpaired) electrons. The number of nitrogens with zero attached hydrogens (tertiary/aromatic N) is 9. The van der Waals surface area contributed by atoms with Gasteiger partial charge in [0.1, 0.15) is 29.1 Å². The lowest BCUT2D eigenvalue weighted by Gasteiger charge is -2.31. The first-order valence-electron chi connectivity index (χ1n) is 35.6. The van der Waals surface area contributed by atoms with Crippen molar-refractivity contribution < 1.29 is 76.0 Å². The van der Waals surface area contributed by atoms with Crippen molar-refractivity contribution in [3.05, 3.63) is 145 Å². The zero-order valence-corrected chi connectivity index (χ0v) is 64.7. The van der Waals surface area contributed by atoms with E-state index in [1.54, 1.807) is 67.2 Å². The molecule has 1 saturated heterocycles. The van der Waals surface area contributed by atoms with Crippen molar-refractivity contribution in [2.75, 3.05) is 6.54 Å². The van der Waals surface area contributed by atoms with Crippen LogP contribution in [0.2, 0.25) is 0 Å². The van der Waals surface area contributed by atoms with E-state index in [-0.39, 0.29) is 59.1 Å². The van der Waals surface area contributed by atoms with Crippen molar-refractivity contribution in [3.8, 4) is 45.8 Å². The van der Waals surface area contributed by atoms with E-state index in [1.807, 2.05) is 191 Å². The van der Waals surface area contributed by atoms with Gasteiger partial charge in [-0.3, -0.25) is 9.59 Å². The summed E-state index contributed by atoms with van der Waals surface area (Å²) in [6, 6.07) is 33.8. The highest BCUT2D eigenvalue weighted by molar-refractivity contribution is 5.90. The minimum Gasteiger partial charge on any atom is -0.444 e. The summed E-state index contributed by atoms with van der Waals surface area (Å²) in [7, 11) is 0. The average Bonchev–Trinajstić information content (AvgIpc) is 1.73. The summed E-state index contributed by atoms with van der Waals surface area (Å²) in [5.74, 6) is 0.863. The predicted octanol–water partition coefficient (Wildman–Crippen LogP) is 12.0. The van der Waals surface area contributed by atoms with Gasteiger partial charge in [0.2, 0.25) is 59.4 Å². The van der Waals surface area contributed by atoms with E-state index in [9.17, 15) is 44.1 Å². The third-order valence-corrected chi connectivity index (χ3v) is 15.8. The van der Waals surface area contributed by atoms with Gasteiger partial charge >= 0.3 is 18.3 Å². The van der Waals surface area contributed by atoms with Crippen molar-refractivity contribution in [2.24, 2.45) is 35.3 Å². The Kier molecular flexibility index (Phi) is 33.5. The maximum absolute atomic E-state index is 13.1. The maximum atomic E-state index is 13.1. The lowest BCUT2D eigenvalue weighted by Crippen LogP contribution is -2.55. The number of likely N-dealkylation sites (tertiary alicyclic amines) is 1. The van der Waals surface area contributed by atoms with Gasteiger partial charge in [-0.2, -0.15) is 0 Å². The summed E-state index contributed by atoms with van der Waals surface area (Å²) >= 11 is 0. The molecule has 5 heterocycles. The second-order valence-corrected chi connectivity index (χ2v) is 30.0. The number of rotatable bonds is 22. The summed E-state index contributed by atoms with van der Waals surface area (Å²) in [5, 5.41) is 74.0. The third-order valence-electron chi connectivity index (χ3n) is 15.8. The van der Waals surface area contributed by atoms with Crippen molar-refractivity contribution in [3.63, 3.8) is 0 Å². The number of nitrogens with one attached hydrogen (secondary N) is 4. The Morgan fingerprint density at radius 3 is 1.08 bits per heavy atom. The van der Waals surface area contributed by atoms with Crippen molar-refractivity contribution in [1.82, 2.24) is 67.0 Å². The fourth-order valence-electron chi connectivity index (χ4n) is 10.1. The number of hydrogen-bond donors (Lipinski definition) is 8. The third kappa shape index (κ3) is 28.8. The summed E-state index contributed by atoms with van der Waals surface area (Å²) in [6.45, 7) is 35.2. The topological polar surface area (TPSA) is 424 Å². The number of benzene rings is 4. The largest absolute Gasteiger partial charge is 0.444 e. The second-order valence-electron chi connectivity index (χ2n) is 30.0. The monoisotopic (exact) mass is 1480 g/mol. The molecule has 5 amide bonds. The van der Waals surface area contributed by atoms with E-state index in [0.717, 1.165) is 28.7 Å². The van der Waals surface area contributed by atoms with Crippen LogP contribution in [0.5, 0.6) is 0 Å². The number of aliphatic hydroxyl groups excluding tert-OH is 3. The van der Waals surface area contributed by atoms with Crippen LogP contribution < -0.4 is 27.0 Å². The van der Waals surface area contributed by atoms with Crippen LogP contribution in [0.4, 0.5) is 14.4 Å². The van der Waals surface area contributed by atoms with Gasteiger partial charge in [0.05, 0.1) is 30.2 Å². The summed E-state index contributed by atoms with van der Waals surface area (Å²) in [5.41, 5.74) is 7.46. The van der Waals surface area contributed by atoms with E-state index >= 15 is 0 Å². The highest BCUT2D eigenvalue weighted by atomic mass is 16.6. The molecule has 8 aromatic rings. The van der Waals surface area contributed by atoms with E-state index in [4.69, 9.17) is 37.6 Å². The van der Waals surface area contributed by atoms with E-state index in [0.29, 0.717) is 42.8 Å². The van der Waals surface area contributed by atoms with Gasteiger partial charge in [-0.05, 0) is 153 Å². The van der Waals surface area contributed by atoms with E-state index in [1.165, 1.54) is 6.39 Å². The molecule has 9 atom stereocenters. The summed E-state index contributed by atoms with van der Waals surface area (Å²) in [6.07, 6.45) is -1.90. The molecule has 1 aliphatic heterocycles. The molecule has 0 bridgehead atoms. The number of aliphatic hydroxyl groups is 3. The number of alkyl carbamates (subject to hydrolysis) is 3.